The van der Waals surface area contributed by atoms with Crippen LogP contribution >= 0.6 is 0 Å². The normalized spacial score (nSPS) is 14.4. The number of hydrogen-bond donors (Lipinski definition) is 1. The first-order chi connectivity index (χ1) is 9.70. The number of methoxy groups -OCH3 is 1. The molecule has 0 atom stereocenters. The fourth-order valence-electron chi connectivity index (χ4n) is 2.15. The average molecular weight is 277 g/mol. The van der Waals surface area contributed by atoms with Crippen LogP contribution in [-0.4, -0.2) is 48.4 Å². The number of carbonyl (C=O) groups is 2. The molecular weight excluding hydrogens is 258 g/mol. The lowest BCUT2D eigenvalue weighted by Crippen LogP contribution is -2.30. The Bertz CT molecular complexity index is 473. The number of nitrogens with zero attached hydrogens (tertiary/aromatic N) is 2. The van der Waals surface area contributed by atoms with Crippen molar-refractivity contribution in [3.63, 3.8) is 0 Å². The molecule has 1 saturated heterocycles. The quantitative estimate of drug-likeness (QED) is 0.782. The Hall–Kier alpha value is -2.11. The molecule has 2 amide bonds. The zero-order valence-electron chi connectivity index (χ0n) is 11.6. The molecule has 6 heteroatoms. The molecule has 20 heavy (non-hydrogen) atoms. The largest absolute Gasteiger partial charge is 0.481 e. The molecule has 1 fully saturated rings. The van der Waals surface area contributed by atoms with Crippen molar-refractivity contribution in [2.24, 2.45) is 0 Å². The van der Waals surface area contributed by atoms with E-state index in [1.165, 1.54) is 13.3 Å². The first kappa shape index (κ1) is 14.3. The Kier molecular flexibility index (Phi) is 4.92. The number of ether oxygens (including phenoxy) is 1. The van der Waals surface area contributed by atoms with E-state index in [1.807, 2.05) is 4.90 Å². The average Bonchev–Trinajstić information content (AvgIpc) is 2.89. The minimum Gasteiger partial charge on any atom is -0.481 e. The highest BCUT2D eigenvalue weighted by Gasteiger charge is 2.19. The van der Waals surface area contributed by atoms with Gasteiger partial charge in [0.05, 0.1) is 12.7 Å². The van der Waals surface area contributed by atoms with Crippen LogP contribution in [0.25, 0.3) is 0 Å². The van der Waals surface area contributed by atoms with E-state index in [1.54, 1.807) is 12.1 Å². The summed E-state index contributed by atoms with van der Waals surface area (Å²) in [4.78, 5) is 29.1. The minimum absolute atomic E-state index is 0.159. The first-order valence-corrected chi connectivity index (χ1v) is 6.76. The van der Waals surface area contributed by atoms with Crippen LogP contribution in [0.5, 0.6) is 5.88 Å². The van der Waals surface area contributed by atoms with Gasteiger partial charge in [0, 0.05) is 38.3 Å². The van der Waals surface area contributed by atoms with Crippen LogP contribution in [0, 0.1) is 0 Å². The van der Waals surface area contributed by atoms with Crippen molar-refractivity contribution in [3.8, 4) is 5.88 Å². The molecule has 108 valence electrons. The molecule has 1 aliphatic rings. The van der Waals surface area contributed by atoms with E-state index in [4.69, 9.17) is 4.74 Å². The van der Waals surface area contributed by atoms with Crippen LogP contribution in [0.15, 0.2) is 18.3 Å². The third-order valence-corrected chi connectivity index (χ3v) is 3.27. The van der Waals surface area contributed by atoms with Gasteiger partial charge in [0.1, 0.15) is 0 Å². The number of carbonyl (C=O) groups excluding carboxylic acids is 2. The van der Waals surface area contributed by atoms with Crippen LogP contribution in [0.1, 0.15) is 29.6 Å². The Balaban J connectivity index is 1.70. The maximum absolute atomic E-state index is 11.8. The van der Waals surface area contributed by atoms with Crippen LogP contribution in [0.2, 0.25) is 0 Å². The van der Waals surface area contributed by atoms with Gasteiger partial charge >= 0.3 is 0 Å². The predicted molar refractivity (Wildman–Crippen MR) is 73.6 cm³/mol. The summed E-state index contributed by atoms with van der Waals surface area (Å²) in [6.45, 7) is 2.10. The van der Waals surface area contributed by atoms with E-state index in [0.717, 1.165) is 19.4 Å². The molecule has 1 aromatic heterocycles. The second kappa shape index (κ2) is 6.88. The molecule has 0 aromatic carbocycles. The van der Waals surface area contributed by atoms with E-state index >= 15 is 0 Å². The molecule has 6 nitrogen and oxygen atoms in total. The maximum atomic E-state index is 11.8. The summed E-state index contributed by atoms with van der Waals surface area (Å²) < 4.78 is 4.93. The minimum atomic E-state index is -0.159. The van der Waals surface area contributed by atoms with E-state index in [9.17, 15) is 9.59 Å². The molecular formula is C14H19N3O3. The van der Waals surface area contributed by atoms with Crippen molar-refractivity contribution in [1.29, 1.82) is 0 Å². The number of pyridine rings is 1. The number of aromatic nitrogens is 1. The fourth-order valence-corrected chi connectivity index (χ4v) is 2.15. The van der Waals surface area contributed by atoms with E-state index in [2.05, 4.69) is 10.3 Å². The van der Waals surface area contributed by atoms with Crippen molar-refractivity contribution in [3.05, 3.63) is 23.9 Å². The molecule has 2 heterocycles. The van der Waals surface area contributed by atoms with Crippen LogP contribution in [0.4, 0.5) is 0 Å². The first-order valence-electron chi connectivity index (χ1n) is 6.76. The van der Waals surface area contributed by atoms with E-state index < -0.39 is 0 Å². The summed E-state index contributed by atoms with van der Waals surface area (Å²) >= 11 is 0. The molecule has 0 saturated carbocycles. The SMILES string of the molecule is COc1ccc(C(=O)NCCCN2CCCC2=O)cn1. The number of hydrogen-bond acceptors (Lipinski definition) is 4. The summed E-state index contributed by atoms with van der Waals surface area (Å²) in [6.07, 6.45) is 3.85. The molecule has 1 N–H and O–H groups in total. The standard InChI is InChI=1S/C14H19N3O3/c1-20-12-6-5-11(10-16-12)14(19)15-7-3-9-17-8-2-4-13(17)18/h5-6,10H,2-4,7-9H2,1H3,(H,15,19). The monoisotopic (exact) mass is 277 g/mol. The zero-order valence-corrected chi connectivity index (χ0v) is 11.6. The maximum Gasteiger partial charge on any atom is 0.252 e. The molecule has 0 bridgehead atoms. The number of rotatable bonds is 6. The molecule has 2 rings (SSSR count). The zero-order chi connectivity index (χ0) is 14.4. The molecule has 0 aliphatic carbocycles. The van der Waals surface area contributed by atoms with Crippen LogP contribution < -0.4 is 10.1 Å². The Morgan fingerprint density at radius 2 is 2.35 bits per heavy atom. The topological polar surface area (TPSA) is 71.5 Å². The summed E-state index contributed by atoms with van der Waals surface area (Å²) in [6, 6.07) is 3.32. The molecule has 1 aliphatic heterocycles. The van der Waals surface area contributed by atoms with Gasteiger partial charge in [-0.15, -0.1) is 0 Å². The molecule has 0 radical (unpaired) electrons. The summed E-state index contributed by atoms with van der Waals surface area (Å²) in [5.74, 6) is 0.540. The lowest BCUT2D eigenvalue weighted by atomic mass is 10.2. The molecule has 1 aromatic rings. The van der Waals surface area contributed by atoms with Gasteiger partial charge in [-0.05, 0) is 18.9 Å². The number of nitrogens with one attached hydrogen (secondary N) is 1. The lowest BCUT2D eigenvalue weighted by molar-refractivity contribution is -0.127. The third kappa shape index (κ3) is 3.69. The van der Waals surface area contributed by atoms with Crippen molar-refractivity contribution in [2.45, 2.75) is 19.3 Å². The Morgan fingerprint density at radius 3 is 2.95 bits per heavy atom. The summed E-state index contributed by atoms with van der Waals surface area (Å²) in [5, 5.41) is 2.82. The van der Waals surface area contributed by atoms with Crippen molar-refractivity contribution in [2.75, 3.05) is 26.7 Å². The second-order valence-corrected chi connectivity index (χ2v) is 4.68. The van der Waals surface area contributed by atoms with Gasteiger partial charge < -0.3 is 15.0 Å². The fraction of sp³-hybridized carbons (Fsp3) is 0.500. The highest BCUT2D eigenvalue weighted by Crippen LogP contribution is 2.09. The summed E-state index contributed by atoms with van der Waals surface area (Å²) in [5.41, 5.74) is 0.503. The highest BCUT2D eigenvalue weighted by molar-refractivity contribution is 5.93. The predicted octanol–water partition coefficient (Wildman–Crippen LogP) is 0.832. The van der Waals surface area contributed by atoms with E-state index in [0.29, 0.717) is 31.0 Å². The Morgan fingerprint density at radius 1 is 1.50 bits per heavy atom. The lowest BCUT2D eigenvalue weighted by Gasteiger charge is -2.15. The van der Waals surface area contributed by atoms with Gasteiger partial charge in [0.15, 0.2) is 0 Å². The van der Waals surface area contributed by atoms with Gasteiger partial charge in [-0.2, -0.15) is 0 Å². The number of amides is 2. The van der Waals surface area contributed by atoms with Gasteiger partial charge in [-0.1, -0.05) is 0 Å². The smallest absolute Gasteiger partial charge is 0.252 e. The highest BCUT2D eigenvalue weighted by atomic mass is 16.5. The van der Waals surface area contributed by atoms with Gasteiger partial charge in [-0.25, -0.2) is 4.98 Å². The van der Waals surface area contributed by atoms with Gasteiger partial charge in [0.2, 0.25) is 11.8 Å². The van der Waals surface area contributed by atoms with Crippen molar-refractivity contribution in [1.82, 2.24) is 15.2 Å². The third-order valence-electron chi connectivity index (χ3n) is 3.27. The second-order valence-electron chi connectivity index (χ2n) is 4.68. The van der Waals surface area contributed by atoms with Crippen molar-refractivity contribution < 1.29 is 14.3 Å². The molecule has 0 unspecified atom stereocenters. The van der Waals surface area contributed by atoms with Gasteiger partial charge in [-0.3, -0.25) is 9.59 Å². The van der Waals surface area contributed by atoms with Crippen molar-refractivity contribution >= 4 is 11.8 Å². The van der Waals surface area contributed by atoms with Crippen LogP contribution in [-0.2, 0) is 4.79 Å². The summed E-state index contributed by atoms with van der Waals surface area (Å²) in [7, 11) is 1.53. The van der Waals surface area contributed by atoms with E-state index in [-0.39, 0.29) is 11.8 Å². The van der Waals surface area contributed by atoms with Gasteiger partial charge in [0.25, 0.3) is 5.91 Å². The molecule has 0 spiro atoms. The van der Waals surface area contributed by atoms with Crippen LogP contribution in [0.3, 0.4) is 0 Å². The number of likely N-dealkylation sites (tertiary alicyclic amines) is 1. The Labute approximate surface area is 118 Å².